The van der Waals surface area contributed by atoms with Crippen molar-refractivity contribution in [2.45, 2.75) is 58.2 Å². The van der Waals surface area contributed by atoms with E-state index < -0.39 is 18.3 Å². The molecule has 22 heavy (non-hydrogen) atoms. The molecule has 1 aromatic heterocycles. The quantitative estimate of drug-likeness (QED) is 0.770. The van der Waals surface area contributed by atoms with Gasteiger partial charge in [0.05, 0.1) is 23.0 Å². The highest BCUT2D eigenvalue weighted by Gasteiger charge is 2.52. The van der Waals surface area contributed by atoms with Crippen LogP contribution in [0.15, 0.2) is 12.4 Å². The molecule has 0 saturated carbocycles. The number of hydrogen-bond acceptors (Lipinski definition) is 5. The molecule has 0 N–H and O–H groups in total. The largest absolute Gasteiger partial charge is 0.516 e. The lowest BCUT2D eigenvalue weighted by molar-refractivity contribution is -0.119. The molecule has 0 aromatic carbocycles. The molecule has 118 valence electrons. The van der Waals surface area contributed by atoms with Crippen molar-refractivity contribution < 1.29 is 14.1 Å². The predicted molar refractivity (Wildman–Crippen MR) is 84.0 cm³/mol. The second-order valence-corrected chi connectivity index (χ2v) is 6.89. The topological polar surface area (TPSA) is 64.5 Å². The van der Waals surface area contributed by atoms with E-state index in [9.17, 15) is 4.79 Å². The molecule has 3 heterocycles. The summed E-state index contributed by atoms with van der Waals surface area (Å²) in [5.41, 5.74) is -0.173. The van der Waals surface area contributed by atoms with Crippen molar-refractivity contribution >= 4 is 24.4 Å². The molecule has 1 aromatic rings. The summed E-state index contributed by atoms with van der Waals surface area (Å²) in [6.45, 7) is 8.72. The van der Waals surface area contributed by atoms with Gasteiger partial charge in [0.2, 0.25) is 5.91 Å². The minimum absolute atomic E-state index is 0.115. The van der Waals surface area contributed by atoms with Gasteiger partial charge in [-0.1, -0.05) is 0 Å². The fraction of sp³-hybridized carbons (Fsp3) is 0.667. The van der Waals surface area contributed by atoms with Crippen LogP contribution < -0.4 is 10.5 Å². The van der Waals surface area contributed by atoms with Crippen LogP contribution >= 0.6 is 0 Å². The van der Waals surface area contributed by atoms with E-state index >= 15 is 0 Å². The first kappa shape index (κ1) is 15.4. The van der Waals surface area contributed by atoms with Crippen LogP contribution in [0.2, 0.25) is 0 Å². The van der Waals surface area contributed by atoms with Crippen molar-refractivity contribution in [3.05, 3.63) is 12.4 Å². The first-order valence-electron chi connectivity index (χ1n) is 7.78. The van der Waals surface area contributed by atoms with Gasteiger partial charge in [0, 0.05) is 19.2 Å². The first-order chi connectivity index (χ1) is 10.3. The monoisotopic (exact) mass is 303 g/mol. The van der Waals surface area contributed by atoms with Crippen LogP contribution in [0.3, 0.4) is 0 Å². The molecule has 0 atom stereocenters. The minimum atomic E-state index is -0.524. The van der Waals surface area contributed by atoms with Crippen molar-refractivity contribution in [3.8, 4) is 0 Å². The Kier molecular flexibility index (Phi) is 3.73. The summed E-state index contributed by atoms with van der Waals surface area (Å²) in [6.07, 6.45) is 5.81. The molecule has 0 unspecified atom stereocenters. The second-order valence-electron chi connectivity index (χ2n) is 6.89. The Balaban J connectivity index is 1.76. The number of hydrogen-bond donors (Lipinski definition) is 0. The molecule has 2 aliphatic rings. The summed E-state index contributed by atoms with van der Waals surface area (Å²) in [5, 5.41) is 0. The number of anilines is 1. The number of carbonyl (C=O) groups is 1. The first-order valence-corrected chi connectivity index (χ1v) is 7.78. The van der Waals surface area contributed by atoms with Crippen molar-refractivity contribution in [3.63, 3.8) is 0 Å². The van der Waals surface area contributed by atoms with Crippen molar-refractivity contribution in [1.82, 2.24) is 9.97 Å². The number of piperidine rings is 1. The van der Waals surface area contributed by atoms with E-state index in [0.717, 1.165) is 12.8 Å². The van der Waals surface area contributed by atoms with Crippen molar-refractivity contribution in [1.29, 1.82) is 0 Å². The zero-order valence-electron chi connectivity index (χ0n) is 13.6. The van der Waals surface area contributed by atoms with E-state index in [1.807, 2.05) is 27.7 Å². The Morgan fingerprint density at radius 2 is 1.77 bits per heavy atom. The maximum atomic E-state index is 11.9. The van der Waals surface area contributed by atoms with Gasteiger partial charge in [0.1, 0.15) is 0 Å². The highest BCUT2D eigenvalue weighted by Crippen LogP contribution is 2.36. The SMILES string of the molecule is CC1(C)OB(c2cnc(N3CCCCC3=O)cn2)OC1(C)C. The van der Waals surface area contributed by atoms with Gasteiger partial charge in [-0.2, -0.15) is 0 Å². The molecule has 7 heteroatoms. The molecule has 0 spiro atoms. The highest BCUT2D eigenvalue weighted by molar-refractivity contribution is 6.61. The number of amides is 1. The molecule has 0 aliphatic carbocycles. The van der Waals surface area contributed by atoms with Crippen LogP contribution in [0.25, 0.3) is 0 Å². The van der Waals surface area contributed by atoms with E-state index in [2.05, 4.69) is 9.97 Å². The summed E-state index contributed by atoms with van der Waals surface area (Å²) >= 11 is 0. The second kappa shape index (κ2) is 5.31. The third-order valence-electron chi connectivity index (χ3n) is 4.75. The van der Waals surface area contributed by atoms with Crippen molar-refractivity contribution in [2.24, 2.45) is 0 Å². The van der Waals surface area contributed by atoms with Gasteiger partial charge >= 0.3 is 7.12 Å². The molecule has 1 amide bonds. The predicted octanol–water partition coefficient (Wildman–Crippen LogP) is 1.29. The lowest BCUT2D eigenvalue weighted by atomic mass is 9.85. The van der Waals surface area contributed by atoms with Crippen LogP contribution in [-0.4, -0.2) is 40.7 Å². The van der Waals surface area contributed by atoms with E-state index in [0.29, 0.717) is 24.4 Å². The Labute approximate surface area is 131 Å². The molecule has 2 saturated heterocycles. The molecule has 2 fully saturated rings. The van der Waals surface area contributed by atoms with E-state index in [4.69, 9.17) is 9.31 Å². The van der Waals surface area contributed by atoms with Crippen LogP contribution in [-0.2, 0) is 14.1 Å². The maximum absolute atomic E-state index is 11.9. The normalized spacial score (nSPS) is 23.9. The molecule has 2 aliphatic heterocycles. The van der Waals surface area contributed by atoms with E-state index in [-0.39, 0.29) is 5.91 Å². The third kappa shape index (κ3) is 2.63. The Bertz CT molecular complexity index is 558. The summed E-state index contributed by atoms with van der Waals surface area (Å²) in [6, 6.07) is 0. The molecule has 6 nitrogen and oxygen atoms in total. The Hall–Kier alpha value is -1.47. The zero-order valence-corrected chi connectivity index (χ0v) is 13.6. The molecular weight excluding hydrogens is 281 g/mol. The summed E-state index contributed by atoms with van der Waals surface area (Å²) in [5.74, 6) is 0.717. The summed E-state index contributed by atoms with van der Waals surface area (Å²) in [7, 11) is -0.524. The van der Waals surface area contributed by atoms with Crippen LogP contribution in [0, 0.1) is 0 Å². The van der Waals surface area contributed by atoms with E-state index in [1.165, 1.54) is 0 Å². The minimum Gasteiger partial charge on any atom is -0.398 e. The van der Waals surface area contributed by atoms with Gasteiger partial charge < -0.3 is 9.31 Å². The molecule has 3 rings (SSSR count). The van der Waals surface area contributed by atoms with E-state index in [1.54, 1.807) is 17.3 Å². The summed E-state index contributed by atoms with van der Waals surface area (Å²) < 4.78 is 11.9. The Morgan fingerprint density at radius 1 is 1.09 bits per heavy atom. The zero-order chi connectivity index (χ0) is 16.0. The molecular formula is C15H22BN3O3. The van der Waals surface area contributed by atoms with Gasteiger partial charge in [0.25, 0.3) is 0 Å². The Morgan fingerprint density at radius 3 is 2.32 bits per heavy atom. The number of carbonyl (C=O) groups excluding carboxylic acids is 1. The maximum Gasteiger partial charge on any atom is 0.516 e. The van der Waals surface area contributed by atoms with Gasteiger partial charge in [-0.3, -0.25) is 14.7 Å². The lowest BCUT2D eigenvalue weighted by Crippen LogP contribution is -2.41. The number of aromatic nitrogens is 2. The molecule has 0 radical (unpaired) electrons. The van der Waals surface area contributed by atoms with Crippen molar-refractivity contribution in [2.75, 3.05) is 11.4 Å². The van der Waals surface area contributed by atoms with Crippen LogP contribution in [0.5, 0.6) is 0 Å². The van der Waals surface area contributed by atoms with Gasteiger partial charge in [-0.15, -0.1) is 0 Å². The van der Waals surface area contributed by atoms with Crippen LogP contribution in [0.4, 0.5) is 5.82 Å². The average Bonchev–Trinajstić information content (AvgIpc) is 2.68. The average molecular weight is 303 g/mol. The fourth-order valence-electron chi connectivity index (χ4n) is 2.60. The highest BCUT2D eigenvalue weighted by atomic mass is 16.7. The van der Waals surface area contributed by atoms with Gasteiger partial charge in [0.15, 0.2) is 5.82 Å². The number of nitrogens with zero attached hydrogens (tertiary/aromatic N) is 3. The standard InChI is InChI=1S/C15H22BN3O3/c1-14(2)15(3,4)22-16(21-14)11-9-18-12(10-17-11)19-8-6-5-7-13(19)20/h9-10H,5-8H2,1-4H3. The fourth-order valence-corrected chi connectivity index (χ4v) is 2.60. The molecule has 0 bridgehead atoms. The lowest BCUT2D eigenvalue weighted by Gasteiger charge is -2.32. The summed E-state index contributed by atoms with van der Waals surface area (Å²) in [4.78, 5) is 22.4. The van der Waals surface area contributed by atoms with Gasteiger partial charge in [-0.25, -0.2) is 4.98 Å². The number of rotatable bonds is 2. The third-order valence-corrected chi connectivity index (χ3v) is 4.75. The van der Waals surface area contributed by atoms with Gasteiger partial charge in [-0.05, 0) is 40.5 Å². The smallest absolute Gasteiger partial charge is 0.398 e. The van der Waals surface area contributed by atoms with Crippen LogP contribution in [0.1, 0.15) is 47.0 Å².